The van der Waals surface area contributed by atoms with E-state index in [1.165, 1.54) is 0 Å². The van der Waals surface area contributed by atoms with Crippen LogP contribution in [0.5, 0.6) is 0 Å². The van der Waals surface area contributed by atoms with Crippen LogP contribution in [0.3, 0.4) is 0 Å². The van der Waals surface area contributed by atoms with Crippen LogP contribution in [0, 0.1) is 0 Å². The normalized spacial score (nSPS) is 16.4. The van der Waals surface area contributed by atoms with Crippen LogP contribution in [0.15, 0.2) is 30.3 Å². The van der Waals surface area contributed by atoms with Crippen molar-refractivity contribution in [2.75, 3.05) is 13.1 Å². The van der Waals surface area contributed by atoms with Crippen molar-refractivity contribution in [3.63, 3.8) is 0 Å². The topological polar surface area (TPSA) is 75.9 Å². The van der Waals surface area contributed by atoms with E-state index >= 15 is 0 Å². The predicted molar refractivity (Wildman–Crippen MR) is 85.9 cm³/mol. The van der Waals surface area contributed by atoms with Crippen molar-refractivity contribution in [1.29, 1.82) is 0 Å². The zero-order valence-electron chi connectivity index (χ0n) is 13.4. The minimum Gasteiger partial charge on any atom is -0.353 e. The van der Waals surface area contributed by atoms with Crippen molar-refractivity contribution < 1.29 is 4.79 Å². The summed E-state index contributed by atoms with van der Waals surface area (Å²) < 4.78 is 1.78. The molecular formula is C16H22N6O. The SMILES string of the molecule is CCC(=O)NC1CCN(Cc2nnnn2-c2ccccc2)CC1. The molecule has 7 nitrogen and oxygen atoms in total. The van der Waals surface area contributed by atoms with Gasteiger partial charge < -0.3 is 5.32 Å². The minimum atomic E-state index is 0.136. The van der Waals surface area contributed by atoms with E-state index in [0.717, 1.165) is 44.0 Å². The summed E-state index contributed by atoms with van der Waals surface area (Å²) in [6.45, 7) is 4.48. The lowest BCUT2D eigenvalue weighted by molar-refractivity contribution is -0.121. The van der Waals surface area contributed by atoms with Crippen molar-refractivity contribution in [3.05, 3.63) is 36.2 Å². The van der Waals surface area contributed by atoms with Gasteiger partial charge in [-0.2, -0.15) is 4.68 Å². The Balaban J connectivity index is 1.58. The van der Waals surface area contributed by atoms with E-state index in [0.29, 0.717) is 12.5 Å². The number of nitrogens with zero attached hydrogens (tertiary/aromatic N) is 5. The zero-order chi connectivity index (χ0) is 16.1. The summed E-state index contributed by atoms with van der Waals surface area (Å²) in [4.78, 5) is 13.8. The van der Waals surface area contributed by atoms with Crippen LogP contribution in [0.4, 0.5) is 0 Å². The number of rotatable bonds is 5. The summed E-state index contributed by atoms with van der Waals surface area (Å²) in [5.74, 6) is 0.976. The van der Waals surface area contributed by atoms with Crippen molar-refractivity contribution in [2.45, 2.75) is 38.8 Å². The van der Waals surface area contributed by atoms with Gasteiger partial charge in [0.15, 0.2) is 5.82 Å². The van der Waals surface area contributed by atoms with Gasteiger partial charge >= 0.3 is 0 Å². The molecule has 23 heavy (non-hydrogen) atoms. The van der Waals surface area contributed by atoms with E-state index < -0.39 is 0 Å². The smallest absolute Gasteiger partial charge is 0.219 e. The summed E-state index contributed by atoms with van der Waals surface area (Å²) in [6, 6.07) is 10.2. The number of carbonyl (C=O) groups is 1. The molecule has 1 saturated heterocycles. The van der Waals surface area contributed by atoms with Gasteiger partial charge in [-0.3, -0.25) is 9.69 Å². The van der Waals surface area contributed by atoms with Gasteiger partial charge in [0.1, 0.15) is 0 Å². The molecule has 0 saturated carbocycles. The van der Waals surface area contributed by atoms with E-state index in [4.69, 9.17) is 0 Å². The van der Waals surface area contributed by atoms with E-state index in [-0.39, 0.29) is 5.91 Å². The summed E-state index contributed by atoms with van der Waals surface area (Å²) in [5, 5.41) is 15.1. The van der Waals surface area contributed by atoms with Gasteiger partial charge in [-0.05, 0) is 35.4 Å². The highest BCUT2D eigenvalue weighted by molar-refractivity contribution is 5.75. The third-order valence-corrected chi connectivity index (χ3v) is 4.17. The van der Waals surface area contributed by atoms with Crippen molar-refractivity contribution in [1.82, 2.24) is 30.4 Å². The van der Waals surface area contributed by atoms with Crippen LogP contribution in [0.1, 0.15) is 32.0 Å². The van der Waals surface area contributed by atoms with Gasteiger partial charge in [0, 0.05) is 25.6 Å². The molecule has 7 heteroatoms. The quantitative estimate of drug-likeness (QED) is 0.896. The van der Waals surface area contributed by atoms with Gasteiger partial charge in [0.05, 0.1) is 12.2 Å². The van der Waals surface area contributed by atoms with Crippen molar-refractivity contribution in [3.8, 4) is 5.69 Å². The average molecular weight is 314 g/mol. The second-order valence-electron chi connectivity index (χ2n) is 5.81. The monoisotopic (exact) mass is 314 g/mol. The number of piperidine rings is 1. The number of carbonyl (C=O) groups excluding carboxylic acids is 1. The Hall–Kier alpha value is -2.28. The molecule has 0 radical (unpaired) electrons. The number of nitrogens with one attached hydrogen (secondary N) is 1. The number of likely N-dealkylation sites (tertiary alicyclic amines) is 1. The largest absolute Gasteiger partial charge is 0.353 e. The standard InChI is InChI=1S/C16H22N6O/c1-2-16(23)17-13-8-10-21(11-9-13)12-15-18-19-20-22(15)14-6-4-3-5-7-14/h3-7,13H,2,8-12H2,1H3,(H,17,23). The molecule has 1 amide bonds. The number of hydrogen-bond acceptors (Lipinski definition) is 5. The Kier molecular flexibility index (Phi) is 4.97. The zero-order valence-corrected chi connectivity index (χ0v) is 13.4. The lowest BCUT2D eigenvalue weighted by atomic mass is 10.0. The number of amides is 1. The van der Waals surface area contributed by atoms with Crippen molar-refractivity contribution >= 4 is 5.91 Å². The molecule has 0 atom stereocenters. The maximum absolute atomic E-state index is 11.5. The summed E-state index contributed by atoms with van der Waals surface area (Å²) >= 11 is 0. The van der Waals surface area contributed by atoms with Crippen molar-refractivity contribution in [2.24, 2.45) is 0 Å². The van der Waals surface area contributed by atoms with Gasteiger partial charge in [-0.15, -0.1) is 5.10 Å². The second kappa shape index (κ2) is 7.32. The second-order valence-corrected chi connectivity index (χ2v) is 5.81. The molecule has 122 valence electrons. The lowest BCUT2D eigenvalue weighted by Gasteiger charge is -2.31. The van der Waals surface area contributed by atoms with Gasteiger partial charge in [-0.25, -0.2) is 0 Å². The first-order valence-corrected chi connectivity index (χ1v) is 8.10. The third kappa shape index (κ3) is 3.92. The van der Waals surface area contributed by atoms with Gasteiger partial charge in [0.25, 0.3) is 0 Å². The molecular weight excluding hydrogens is 292 g/mol. The summed E-state index contributed by atoms with van der Waals surface area (Å²) in [5.41, 5.74) is 0.970. The van der Waals surface area contributed by atoms with Crippen LogP contribution in [0.25, 0.3) is 5.69 Å². The molecule has 1 N–H and O–H groups in total. The Morgan fingerprint density at radius 2 is 2.00 bits per heavy atom. The molecule has 1 aromatic heterocycles. The number of tetrazole rings is 1. The first kappa shape index (κ1) is 15.6. The highest BCUT2D eigenvalue weighted by Gasteiger charge is 2.22. The third-order valence-electron chi connectivity index (χ3n) is 4.17. The molecule has 1 fully saturated rings. The van der Waals surface area contributed by atoms with E-state index in [1.54, 1.807) is 4.68 Å². The number of para-hydroxylation sites is 1. The summed E-state index contributed by atoms with van der Waals surface area (Å²) in [6.07, 6.45) is 2.49. The molecule has 0 bridgehead atoms. The Labute approximate surface area is 135 Å². The van der Waals surface area contributed by atoms with Crippen LogP contribution in [-0.2, 0) is 11.3 Å². The molecule has 0 spiro atoms. The Morgan fingerprint density at radius 1 is 1.26 bits per heavy atom. The lowest BCUT2D eigenvalue weighted by Crippen LogP contribution is -2.44. The van der Waals surface area contributed by atoms with Crippen LogP contribution in [-0.4, -0.2) is 50.1 Å². The molecule has 1 aliphatic heterocycles. The Morgan fingerprint density at radius 3 is 2.70 bits per heavy atom. The fourth-order valence-electron chi connectivity index (χ4n) is 2.84. The first-order valence-electron chi connectivity index (χ1n) is 8.10. The number of benzene rings is 1. The van der Waals surface area contributed by atoms with Gasteiger partial charge in [0.2, 0.25) is 5.91 Å². The van der Waals surface area contributed by atoms with Gasteiger partial charge in [-0.1, -0.05) is 25.1 Å². The van der Waals surface area contributed by atoms with Crippen LogP contribution >= 0.6 is 0 Å². The molecule has 1 aliphatic rings. The molecule has 2 heterocycles. The highest BCUT2D eigenvalue weighted by atomic mass is 16.1. The maximum Gasteiger partial charge on any atom is 0.219 e. The average Bonchev–Trinajstić information content (AvgIpc) is 3.05. The minimum absolute atomic E-state index is 0.136. The first-order chi connectivity index (χ1) is 11.3. The molecule has 0 aliphatic carbocycles. The molecule has 0 unspecified atom stereocenters. The Bertz CT molecular complexity index is 633. The maximum atomic E-state index is 11.5. The van der Waals surface area contributed by atoms with E-state index in [9.17, 15) is 4.79 Å². The van der Waals surface area contributed by atoms with Crippen LogP contribution in [0.2, 0.25) is 0 Å². The summed E-state index contributed by atoms with van der Waals surface area (Å²) in [7, 11) is 0. The fourth-order valence-corrected chi connectivity index (χ4v) is 2.84. The highest BCUT2D eigenvalue weighted by Crippen LogP contribution is 2.14. The predicted octanol–water partition coefficient (Wildman–Crippen LogP) is 1.15. The molecule has 2 aromatic rings. The number of hydrogen-bond donors (Lipinski definition) is 1. The number of aromatic nitrogens is 4. The van der Waals surface area contributed by atoms with E-state index in [2.05, 4.69) is 25.7 Å². The molecule has 3 rings (SSSR count). The van der Waals surface area contributed by atoms with E-state index in [1.807, 2.05) is 37.3 Å². The van der Waals surface area contributed by atoms with Crippen LogP contribution < -0.4 is 5.32 Å². The molecule has 1 aromatic carbocycles. The fraction of sp³-hybridized carbons (Fsp3) is 0.500.